The summed E-state index contributed by atoms with van der Waals surface area (Å²) in [6.45, 7) is 0.779. The van der Waals surface area contributed by atoms with E-state index in [1.807, 2.05) is 30.3 Å². The minimum Gasteiger partial charge on any atom is -0.375 e. The average molecular weight is 179 g/mol. The van der Waals surface area contributed by atoms with E-state index in [9.17, 15) is 4.79 Å². The Hall–Kier alpha value is -1.19. The van der Waals surface area contributed by atoms with E-state index in [1.165, 1.54) is 0 Å². The van der Waals surface area contributed by atoms with Crippen molar-refractivity contribution in [2.45, 2.75) is 12.6 Å². The summed E-state index contributed by atoms with van der Waals surface area (Å²) in [7, 11) is 0. The number of hydrogen-bond donors (Lipinski definition) is 1. The fourth-order valence-electron chi connectivity index (χ4n) is 0.926. The first kappa shape index (κ1) is 9.89. The SMILES string of the molecule is NC(C=O)COCc1ccccc1. The van der Waals surface area contributed by atoms with E-state index < -0.39 is 6.04 Å². The van der Waals surface area contributed by atoms with Gasteiger partial charge in [-0.05, 0) is 5.56 Å². The Balaban J connectivity index is 2.24. The molecule has 0 aromatic heterocycles. The molecule has 1 atom stereocenters. The normalized spacial score (nSPS) is 12.4. The van der Waals surface area contributed by atoms with Gasteiger partial charge in [0, 0.05) is 0 Å². The molecule has 13 heavy (non-hydrogen) atoms. The predicted octanol–water partition coefficient (Wildman–Crippen LogP) is 0.729. The molecule has 2 N–H and O–H groups in total. The molecule has 1 aromatic rings. The van der Waals surface area contributed by atoms with Crippen LogP contribution in [0.25, 0.3) is 0 Å². The summed E-state index contributed by atoms with van der Waals surface area (Å²) in [5, 5.41) is 0. The minimum atomic E-state index is -0.510. The van der Waals surface area contributed by atoms with Crippen molar-refractivity contribution in [3.63, 3.8) is 0 Å². The molecule has 0 aliphatic heterocycles. The molecular formula is C10H13NO2. The smallest absolute Gasteiger partial charge is 0.139 e. The first-order valence-corrected chi connectivity index (χ1v) is 4.15. The Kier molecular flexibility index (Phi) is 4.15. The van der Waals surface area contributed by atoms with Crippen molar-refractivity contribution in [3.05, 3.63) is 35.9 Å². The first-order valence-electron chi connectivity index (χ1n) is 4.15. The van der Waals surface area contributed by atoms with E-state index in [0.717, 1.165) is 5.56 Å². The topological polar surface area (TPSA) is 52.3 Å². The Morgan fingerprint density at radius 3 is 2.69 bits per heavy atom. The van der Waals surface area contributed by atoms with Crippen LogP contribution >= 0.6 is 0 Å². The van der Waals surface area contributed by atoms with Crippen LogP contribution in [-0.2, 0) is 16.1 Å². The fraction of sp³-hybridized carbons (Fsp3) is 0.300. The summed E-state index contributed by atoms with van der Waals surface area (Å²) < 4.78 is 5.22. The summed E-state index contributed by atoms with van der Waals surface area (Å²) in [5.74, 6) is 0. The van der Waals surface area contributed by atoms with Gasteiger partial charge in [0.1, 0.15) is 6.29 Å². The molecule has 0 heterocycles. The van der Waals surface area contributed by atoms with Crippen molar-refractivity contribution in [1.82, 2.24) is 0 Å². The van der Waals surface area contributed by atoms with Crippen LogP contribution in [0.2, 0.25) is 0 Å². The third kappa shape index (κ3) is 3.83. The number of hydrogen-bond acceptors (Lipinski definition) is 3. The molecule has 1 aromatic carbocycles. The highest BCUT2D eigenvalue weighted by molar-refractivity contribution is 5.57. The van der Waals surface area contributed by atoms with Gasteiger partial charge in [0.05, 0.1) is 19.3 Å². The van der Waals surface area contributed by atoms with Gasteiger partial charge in [-0.25, -0.2) is 0 Å². The van der Waals surface area contributed by atoms with Gasteiger partial charge in [-0.15, -0.1) is 0 Å². The minimum absolute atomic E-state index is 0.276. The standard InChI is InChI=1S/C10H13NO2/c11-10(6-12)8-13-7-9-4-2-1-3-5-9/h1-6,10H,7-8,11H2. The van der Waals surface area contributed by atoms with Gasteiger partial charge in [-0.1, -0.05) is 30.3 Å². The van der Waals surface area contributed by atoms with Crippen LogP contribution in [0.3, 0.4) is 0 Å². The van der Waals surface area contributed by atoms with Crippen molar-refractivity contribution in [3.8, 4) is 0 Å². The molecule has 0 amide bonds. The van der Waals surface area contributed by atoms with Crippen molar-refractivity contribution in [2.75, 3.05) is 6.61 Å². The maximum atomic E-state index is 10.1. The highest BCUT2D eigenvalue weighted by Gasteiger charge is 1.99. The second-order valence-electron chi connectivity index (χ2n) is 2.80. The zero-order chi connectivity index (χ0) is 9.52. The molecule has 0 aliphatic carbocycles. The third-order valence-electron chi connectivity index (χ3n) is 1.60. The largest absolute Gasteiger partial charge is 0.375 e. The van der Waals surface area contributed by atoms with Gasteiger partial charge in [0.25, 0.3) is 0 Å². The number of aldehydes is 1. The quantitative estimate of drug-likeness (QED) is 0.678. The third-order valence-corrected chi connectivity index (χ3v) is 1.60. The van der Waals surface area contributed by atoms with Crippen LogP contribution in [0, 0.1) is 0 Å². The molecule has 0 saturated heterocycles. The van der Waals surface area contributed by atoms with Gasteiger partial charge < -0.3 is 15.3 Å². The van der Waals surface area contributed by atoms with E-state index in [2.05, 4.69) is 0 Å². The summed E-state index contributed by atoms with van der Waals surface area (Å²) in [5.41, 5.74) is 6.43. The van der Waals surface area contributed by atoms with Gasteiger partial charge in [0.15, 0.2) is 0 Å². The van der Waals surface area contributed by atoms with Gasteiger partial charge in [-0.2, -0.15) is 0 Å². The number of nitrogens with two attached hydrogens (primary N) is 1. The van der Waals surface area contributed by atoms with E-state index in [4.69, 9.17) is 10.5 Å². The van der Waals surface area contributed by atoms with E-state index in [0.29, 0.717) is 12.9 Å². The maximum absolute atomic E-state index is 10.1. The molecule has 0 spiro atoms. The Labute approximate surface area is 77.5 Å². The van der Waals surface area contributed by atoms with Crippen molar-refractivity contribution in [1.29, 1.82) is 0 Å². The van der Waals surface area contributed by atoms with Crippen LogP contribution in [0.15, 0.2) is 30.3 Å². The molecule has 0 fully saturated rings. The molecular weight excluding hydrogens is 166 g/mol. The van der Waals surface area contributed by atoms with Crippen LogP contribution in [0.5, 0.6) is 0 Å². The molecule has 1 unspecified atom stereocenters. The zero-order valence-electron chi connectivity index (χ0n) is 7.35. The number of ether oxygens (including phenoxy) is 1. The van der Waals surface area contributed by atoms with Crippen molar-refractivity contribution < 1.29 is 9.53 Å². The maximum Gasteiger partial charge on any atom is 0.139 e. The highest BCUT2D eigenvalue weighted by Crippen LogP contribution is 1.99. The van der Waals surface area contributed by atoms with E-state index >= 15 is 0 Å². The molecule has 0 saturated carbocycles. The molecule has 0 radical (unpaired) electrons. The van der Waals surface area contributed by atoms with Crippen molar-refractivity contribution >= 4 is 6.29 Å². The van der Waals surface area contributed by atoms with Gasteiger partial charge in [0.2, 0.25) is 0 Å². The number of rotatable bonds is 5. The lowest BCUT2D eigenvalue weighted by molar-refractivity contribution is -0.110. The van der Waals surface area contributed by atoms with Gasteiger partial charge in [-0.3, -0.25) is 0 Å². The van der Waals surface area contributed by atoms with E-state index in [1.54, 1.807) is 0 Å². The second-order valence-corrected chi connectivity index (χ2v) is 2.80. The van der Waals surface area contributed by atoms with E-state index in [-0.39, 0.29) is 6.61 Å². The average Bonchev–Trinajstić information content (AvgIpc) is 2.19. The molecule has 3 nitrogen and oxygen atoms in total. The van der Waals surface area contributed by atoms with Crippen LogP contribution < -0.4 is 5.73 Å². The first-order chi connectivity index (χ1) is 6.33. The second kappa shape index (κ2) is 5.45. The van der Waals surface area contributed by atoms with Crippen LogP contribution in [-0.4, -0.2) is 18.9 Å². The lowest BCUT2D eigenvalue weighted by Crippen LogP contribution is -2.27. The Morgan fingerprint density at radius 1 is 1.38 bits per heavy atom. The highest BCUT2D eigenvalue weighted by atomic mass is 16.5. The number of carbonyl (C=O) groups excluding carboxylic acids is 1. The van der Waals surface area contributed by atoms with Crippen LogP contribution in [0.1, 0.15) is 5.56 Å². The number of carbonyl (C=O) groups is 1. The monoisotopic (exact) mass is 179 g/mol. The lowest BCUT2D eigenvalue weighted by atomic mass is 10.2. The summed E-state index contributed by atoms with van der Waals surface area (Å²) in [4.78, 5) is 10.1. The number of benzene rings is 1. The lowest BCUT2D eigenvalue weighted by Gasteiger charge is -2.05. The molecule has 0 bridgehead atoms. The Morgan fingerprint density at radius 2 is 2.08 bits per heavy atom. The summed E-state index contributed by atoms with van der Waals surface area (Å²) in [6.07, 6.45) is 0.686. The molecule has 0 aliphatic rings. The molecule has 3 heteroatoms. The zero-order valence-corrected chi connectivity index (χ0v) is 7.35. The summed E-state index contributed by atoms with van der Waals surface area (Å²) in [6, 6.07) is 9.25. The fourth-order valence-corrected chi connectivity index (χ4v) is 0.926. The van der Waals surface area contributed by atoms with Gasteiger partial charge >= 0.3 is 0 Å². The predicted molar refractivity (Wildman–Crippen MR) is 50.1 cm³/mol. The molecule has 1 rings (SSSR count). The van der Waals surface area contributed by atoms with Crippen LogP contribution in [0.4, 0.5) is 0 Å². The summed E-state index contributed by atoms with van der Waals surface area (Å²) >= 11 is 0. The Bertz CT molecular complexity index is 248. The van der Waals surface area contributed by atoms with Crippen molar-refractivity contribution in [2.24, 2.45) is 5.73 Å². The molecule has 70 valence electrons.